The average Bonchev–Trinajstić information content (AvgIpc) is 3.31. The number of sulfonamides is 1. The van der Waals surface area contributed by atoms with Gasteiger partial charge in [0.25, 0.3) is 0 Å². The Hall–Kier alpha value is -1.11. The molecule has 1 saturated carbocycles. The van der Waals surface area contributed by atoms with Crippen LogP contribution in [0.4, 0.5) is 0 Å². The van der Waals surface area contributed by atoms with Gasteiger partial charge in [0.1, 0.15) is 16.7 Å². The highest BCUT2D eigenvalue weighted by Crippen LogP contribution is 2.33. The maximum atomic E-state index is 12.5. The largest absolute Gasteiger partial charge is 0.487 e. The minimum absolute atomic E-state index is 0.0809. The van der Waals surface area contributed by atoms with E-state index in [1.54, 1.807) is 18.2 Å². The standard InChI is InChI=1S/C16H22N2O3S/c19-22(20)16-4-2-1-3-15(16)21-14-8-10-18(11-12-5-6-12)9-7-13(14)17-22/h1-4,12-14,17H,5-11H2/t13-,14-/m1/s1. The highest BCUT2D eigenvalue weighted by molar-refractivity contribution is 7.89. The Morgan fingerprint density at radius 1 is 1.14 bits per heavy atom. The van der Waals surface area contributed by atoms with Crippen molar-refractivity contribution in [2.45, 2.75) is 42.7 Å². The fourth-order valence-corrected chi connectivity index (χ4v) is 4.88. The Bertz CT molecular complexity index is 657. The van der Waals surface area contributed by atoms with Crippen LogP contribution < -0.4 is 9.46 Å². The molecule has 2 aliphatic heterocycles. The van der Waals surface area contributed by atoms with E-state index in [4.69, 9.17) is 4.74 Å². The van der Waals surface area contributed by atoms with Crippen LogP contribution in [0.15, 0.2) is 29.2 Å². The number of nitrogens with zero attached hydrogens (tertiary/aromatic N) is 1. The Morgan fingerprint density at radius 3 is 2.73 bits per heavy atom. The molecule has 0 aromatic heterocycles. The molecule has 2 atom stereocenters. The van der Waals surface area contributed by atoms with Gasteiger partial charge in [0.2, 0.25) is 10.0 Å². The van der Waals surface area contributed by atoms with Crippen molar-refractivity contribution in [1.29, 1.82) is 0 Å². The van der Waals surface area contributed by atoms with Gasteiger partial charge in [-0.05, 0) is 50.3 Å². The maximum absolute atomic E-state index is 12.5. The highest BCUT2D eigenvalue weighted by atomic mass is 32.2. The van der Waals surface area contributed by atoms with Crippen molar-refractivity contribution in [2.75, 3.05) is 19.6 Å². The second-order valence-electron chi connectivity index (χ2n) is 6.65. The van der Waals surface area contributed by atoms with Gasteiger partial charge in [-0.3, -0.25) is 0 Å². The molecule has 0 amide bonds. The molecular weight excluding hydrogens is 300 g/mol. The van der Waals surface area contributed by atoms with E-state index in [9.17, 15) is 8.42 Å². The SMILES string of the molecule is O=S1(=O)N[C@@H]2CCN(CC3CC3)CC[C@H]2Oc2ccccc21. The Morgan fingerprint density at radius 2 is 1.91 bits per heavy atom. The van der Waals surface area contributed by atoms with E-state index in [0.717, 1.165) is 38.4 Å². The predicted molar refractivity (Wildman–Crippen MR) is 83.4 cm³/mol. The van der Waals surface area contributed by atoms with Gasteiger partial charge in [0.05, 0.1) is 6.04 Å². The van der Waals surface area contributed by atoms with Gasteiger partial charge in [-0.2, -0.15) is 0 Å². The third-order valence-electron chi connectivity index (χ3n) is 4.87. The first-order valence-corrected chi connectivity index (χ1v) is 9.60. The average molecular weight is 322 g/mol. The summed E-state index contributed by atoms with van der Waals surface area (Å²) in [6.07, 6.45) is 4.29. The summed E-state index contributed by atoms with van der Waals surface area (Å²) in [6.45, 7) is 3.09. The molecule has 1 aromatic rings. The number of ether oxygens (including phenoxy) is 1. The topological polar surface area (TPSA) is 58.6 Å². The van der Waals surface area contributed by atoms with Crippen LogP contribution in [0.5, 0.6) is 5.75 Å². The summed E-state index contributed by atoms with van der Waals surface area (Å²) in [7, 11) is -3.49. The smallest absolute Gasteiger partial charge is 0.244 e. The van der Waals surface area contributed by atoms with Crippen LogP contribution in [-0.4, -0.2) is 45.1 Å². The van der Waals surface area contributed by atoms with Gasteiger partial charge >= 0.3 is 0 Å². The second-order valence-corrected chi connectivity index (χ2v) is 8.33. The van der Waals surface area contributed by atoms with E-state index in [1.807, 2.05) is 6.07 Å². The van der Waals surface area contributed by atoms with Crippen LogP contribution in [0.25, 0.3) is 0 Å². The molecule has 0 bridgehead atoms. The van der Waals surface area contributed by atoms with Gasteiger partial charge in [0, 0.05) is 13.1 Å². The molecule has 0 radical (unpaired) electrons. The Kier molecular flexibility index (Phi) is 3.63. The van der Waals surface area contributed by atoms with Gasteiger partial charge in [-0.25, -0.2) is 13.1 Å². The maximum Gasteiger partial charge on any atom is 0.244 e. The minimum Gasteiger partial charge on any atom is -0.487 e. The molecule has 2 heterocycles. The molecule has 1 saturated heterocycles. The molecule has 3 aliphatic rings. The first kappa shape index (κ1) is 14.5. The minimum atomic E-state index is -3.49. The lowest BCUT2D eigenvalue weighted by Crippen LogP contribution is -2.43. The molecule has 5 nitrogen and oxygen atoms in total. The van der Waals surface area contributed by atoms with Gasteiger partial charge in [-0.15, -0.1) is 0 Å². The molecular formula is C16H22N2O3S. The fourth-order valence-electron chi connectivity index (χ4n) is 3.45. The summed E-state index contributed by atoms with van der Waals surface area (Å²) in [6, 6.07) is 6.79. The van der Waals surface area contributed by atoms with Crippen LogP contribution in [0.2, 0.25) is 0 Å². The summed E-state index contributed by atoms with van der Waals surface area (Å²) in [5, 5.41) is 0. The summed E-state index contributed by atoms with van der Waals surface area (Å²) in [5.74, 6) is 1.35. The monoisotopic (exact) mass is 322 g/mol. The number of nitrogens with one attached hydrogen (secondary N) is 1. The number of fused-ring (bicyclic) bond motifs is 2. The van der Waals surface area contributed by atoms with E-state index in [1.165, 1.54) is 12.8 Å². The van der Waals surface area contributed by atoms with Crippen molar-refractivity contribution in [1.82, 2.24) is 9.62 Å². The molecule has 22 heavy (non-hydrogen) atoms. The van der Waals surface area contributed by atoms with E-state index in [-0.39, 0.29) is 17.0 Å². The van der Waals surface area contributed by atoms with Crippen LogP contribution in [0.1, 0.15) is 25.7 Å². The Balaban J connectivity index is 1.57. The van der Waals surface area contributed by atoms with Crippen molar-refractivity contribution < 1.29 is 13.2 Å². The Labute approximate surface area is 131 Å². The zero-order chi connectivity index (χ0) is 15.2. The summed E-state index contributed by atoms with van der Waals surface area (Å²) >= 11 is 0. The van der Waals surface area contributed by atoms with Gasteiger partial charge in [0.15, 0.2) is 0 Å². The lowest BCUT2D eigenvalue weighted by atomic mass is 10.1. The van der Waals surface area contributed by atoms with Crippen molar-refractivity contribution in [2.24, 2.45) is 5.92 Å². The van der Waals surface area contributed by atoms with Gasteiger partial charge in [-0.1, -0.05) is 12.1 Å². The third kappa shape index (κ3) is 2.87. The summed E-state index contributed by atoms with van der Waals surface area (Å²) < 4.78 is 34.0. The van der Waals surface area contributed by atoms with Crippen LogP contribution in [0, 0.1) is 5.92 Å². The number of likely N-dealkylation sites (tertiary alicyclic amines) is 1. The first-order valence-electron chi connectivity index (χ1n) is 8.12. The zero-order valence-electron chi connectivity index (χ0n) is 12.6. The third-order valence-corrected chi connectivity index (χ3v) is 6.40. The quantitative estimate of drug-likeness (QED) is 0.898. The number of hydrogen-bond acceptors (Lipinski definition) is 4. The zero-order valence-corrected chi connectivity index (χ0v) is 13.4. The van der Waals surface area contributed by atoms with Gasteiger partial charge < -0.3 is 9.64 Å². The van der Waals surface area contributed by atoms with E-state index in [0.29, 0.717) is 5.75 Å². The number of benzene rings is 1. The van der Waals surface area contributed by atoms with E-state index in [2.05, 4.69) is 9.62 Å². The lowest BCUT2D eigenvalue weighted by Gasteiger charge is -2.22. The number of rotatable bonds is 2. The fraction of sp³-hybridized carbons (Fsp3) is 0.625. The van der Waals surface area contributed by atoms with E-state index < -0.39 is 10.0 Å². The summed E-state index contributed by atoms with van der Waals surface area (Å²) in [4.78, 5) is 2.73. The molecule has 1 N–H and O–H groups in total. The normalized spacial score (nSPS) is 31.3. The van der Waals surface area contributed by atoms with Crippen molar-refractivity contribution in [3.05, 3.63) is 24.3 Å². The molecule has 1 aromatic carbocycles. The van der Waals surface area contributed by atoms with Crippen molar-refractivity contribution >= 4 is 10.0 Å². The van der Waals surface area contributed by atoms with E-state index >= 15 is 0 Å². The van der Waals surface area contributed by atoms with Crippen molar-refractivity contribution in [3.8, 4) is 5.75 Å². The summed E-state index contributed by atoms with van der Waals surface area (Å²) in [5.41, 5.74) is 0. The molecule has 2 fully saturated rings. The van der Waals surface area contributed by atoms with Crippen LogP contribution in [-0.2, 0) is 10.0 Å². The van der Waals surface area contributed by atoms with Crippen LogP contribution in [0.3, 0.4) is 0 Å². The second kappa shape index (κ2) is 5.51. The molecule has 0 spiro atoms. The van der Waals surface area contributed by atoms with Crippen molar-refractivity contribution in [3.63, 3.8) is 0 Å². The number of para-hydroxylation sites is 1. The first-order chi connectivity index (χ1) is 10.6. The van der Waals surface area contributed by atoms with Crippen LogP contribution >= 0.6 is 0 Å². The lowest BCUT2D eigenvalue weighted by molar-refractivity contribution is 0.156. The molecule has 4 rings (SSSR count). The molecule has 0 unspecified atom stereocenters. The molecule has 120 valence electrons. The predicted octanol–water partition coefficient (Wildman–Crippen LogP) is 1.60. The molecule has 1 aliphatic carbocycles. The molecule has 6 heteroatoms. The highest BCUT2D eigenvalue weighted by Gasteiger charge is 2.37. The number of hydrogen-bond donors (Lipinski definition) is 1.